The third kappa shape index (κ3) is 26.4. The predicted molar refractivity (Wildman–Crippen MR) is 247 cm³/mol. The predicted octanol–water partition coefficient (Wildman–Crippen LogP) is 6.77. The molecule has 0 bridgehead atoms. The van der Waals surface area contributed by atoms with Crippen LogP contribution >= 0.6 is 0 Å². The van der Waals surface area contributed by atoms with Crippen molar-refractivity contribution in [1.29, 1.82) is 0 Å². The Hall–Kier alpha value is -2.02. The monoisotopic (exact) mass is 931 g/mol. The van der Waals surface area contributed by atoms with Gasteiger partial charge < -0.3 is 64.2 Å². The van der Waals surface area contributed by atoms with Crippen LogP contribution in [0.2, 0.25) is 0 Å². The normalized spacial score (nSPS) is 26.5. The second kappa shape index (κ2) is 37.9. The number of carbonyl (C=O) groups is 2. The van der Waals surface area contributed by atoms with Crippen molar-refractivity contribution in [2.75, 3.05) is 26.4 Å². The van der Waals surface area contributed by atoms with Gasteiger partial charge in [-0.3, -0.25) is 9.59 Å². The molecule has 380 valence electrons. The molecule has 65 heavy (non-hydrogen) atoms. The first-order valence-corrected chi connectivity index (χ1v) is 25.4. The van der Waals surface area contributed by atoms with Gasteiger partial charge in [-0.05, 0) is 38.5 Å². The fourth-order valence-electron chi connectivity index (χ4n) is 7.96. The van der Waals surface area contributed by atoms with Crippen LogP contribution < -0.4 is 0 Å². The van der Waals surface area contributed by atoms with E-state index in [-0.39, 0.29) is 19.4 Å². The summed E-state index contributed by atoms with van der Waals surface area (Å²) in [6.45, 7) is 2.55. The molecule has 0 saturated carbocycles. The number of aliphatic hydroxyl groups is 7. The van der Waals surface area contributed by atoms with Crippen LogP contribution in [0.25, 0.3) is 0 Å². The Bertz CT molecular complexity index is 1230. The van der Waals surface area contributed by atoms with E-state index in [1.54, 1.807) is 0 Å². The molecule has 2 aliphatic rings. The largest absolute Gasteiger partial charge is 0.462 e. The van der Waals surface area contributed by atoms with E-state index >= 15 is 0 Å². The summed E-state index contributed by atoms with van der Waals surface area (Å²) >= 11 is 0. The standard InChI is InChI=1S/C50H90O15/c1-3-5-7-9-11-13-15-17-18-19-20-21-23-25-27-29-31-33-42(53)63-38(35-60-41(52)32-30-28-26-24-22-16-14-12-10-8-6-4-2)36-61-49-48(59)46(57)44(55)40(65-49)37-62-50-47(58)45(56)43(54)39(34-51)64-50/h20-21,25,27,38-40,43-51,54-59H,3-19,22-24,26,28-37H2,1-2H3/b21-20+,27-25+/t38-,39+,40+,43-,44-,45?,46?,47?,48?,49+,50+/m1/s1. The summed E-state index contributed by atoms with van der Waals surface area (Å²) in [4.78, 5) is 25.7. The van der Waals surface area contributed by atoms with Crippen molar-refractivity contribution in [3.05, 3.63) is 24.3 Å². The Morgan fingerprint density at radius 2 is 0.938 bits per heavy atom. The maximum Gasteiger partial charge on any atom is 0.306 e. The van der Waals surface area contributed by atoms with E-state index < -0.39 is 99.3 Å². The van der Waals surface area contributed by atoms with E-state index in [9.17, 15) is 45.3 Å². The third-order valence-electron chi connectivity index (χ3n) is 12.2. The Balaban J connectivity index is 1.83. The highest BCUT2D eigenvalue weighted by atomic mass is 16.7. The van der Waals surface area contributed by atoms with Gasteiger partial charge in [-0.25, -0.2) is 0 Å². The molecular weight excluding hydrogens is 841 g/mol. The molecule has 0 amide bonds. The van der Waals surface area contributed by atoms with Crippen LogP contribution in [-0.2, 0) is 38.0 Å². The molecule has 0 aromatic heterocycles. The highest BCUT2D eigenvalue weighted by molar-refractivity contribution is 5.70. The van der Waals surface area contributed by atoms with E-state index in [4.69, 9.17) is 28.4 Å². The summed E-state index contributed by atoms with van der Waals surface area (Å²) < 4.78 is 33.5. The molecule has 0 spiro atoms. The first-order chi connectivity index (χ1) is 31.5. The first-order valence-electron chi connectivity index (χ1n) is 25.4. The van der Waals surface area contributed by atoms with Gasteiger partial charge in [-0.2, -0.15) is 0 Å². The molecular formula is C50H90O15. The van der Waals surface area contributed by atoms with E-state index in [2.05, 4.69) is 32.1 Å². The summed E-state index contributed by atoms with van der Waals surface area (Å²) in [5.74, 6) is -0.973. The van der Waals surface area contributed by atoms with Crippen LogP contribution in [0.15, 0.2) is 24.3 Å². The van der Waals surface area contributed by atoms with Gasteiger partial charge >= 0.3 is 11.9 Å². The lowest BCUT2D eigenvalue weighted by Gasteiger charge is -2.42. The minimum absolute atomic E-state index is 0.104. The number of hydrogen-bond donors (Lipinski definition) is 7. The topological polar surface area (TPSA) is 231 Å². The summed E-state index contributed by atoms with van der Waals surface area (Å²) in [5, 5.41) is 72.0. The number of aliphatic hydroxyl groups excluding tert-OH is 7. The smallest absolute Gasteiger partial charge is 0.306 e. The molecule has 2 fully saturated rings. The summed E-state index contributed by atoms with van der Waals surface area (Å²) in [6.07, 6.45) is 20.8. The zero-order valence-corrected chi connectivity index (χ0v) is 40.0. The molecule has 2 heterocycles. The maximum atomic E-state index is 13.0. The fourth-order valence-corrected chi connectivity index (χ4v) is 7.96. The van der Waals surface area contributed by atoms with Crippen molar-refractivity contribution < 1.29 is 73.8 Å². The quantitative estimate of drug-likeness (QED) is 0.0192. The van der Waals surface area contributed by atoms with Gasteiger partial charge in [0.25, 0.3) is 0 Å². The Morgan fingerprint density at radius 3 is 1.48 bits per heavy atom. The molecule has 2 rings (SSSR count). The lowest BCUT2D eigenvalue weighted by molar-refractivity contribution is -0.332. The first kappa shape index (κ1) is 59.1. The van der Waals surface area contributed by atoms with Gasteiger partial charge in [0.1, 0.15) is 55.4 Å². The number of allylic oxidation sites excluding steroid dienone is 4. The summed E-state index contributed by atoms with van der Waals surface area (Å²) in [6, 6.07) is 0. The number of esters is 2. The lowest BCUT2D eigenvalue weighted by Crippen LogP contribution is -2.61. The van der Waals surface area contributed by atoms with E-state index in [0.717, 1.165) is 32.1 Å². The maximum absolute atomic E-state index is 13.0. The van der Waals surface area contributed by atoms with E-state index in [0.29, 0.717) is 19.3 Å². The molecule has 0 aromatic carbocycles. The number of rotatable bonds is 39. The molecule has 15 heteroatoms. The van der Waals surface area contributed by atoms with Gasteiger partial charge in [-0.15, -0.1) is 0 Å². The van der Waals surface area contributed by atoms with Crippen molar-refractivity contribution in [2.24, 2.45) is 0 Å². The molecule has 15 nitrogen and oxygen atoms in total. The van der Waals surface area contributed by atoms with Crippen molar-refractivity contribution in [3.8, 4) is 0 Å². The zero-order valence-electron chi connectivity index (χ0n) is 40.0. The average Bonchev–Trinajstić information content (AvgIpc) is 3.30. The molecule has 2 aliphatic heterocycles. The van der Waals surface area contributed by atoms with Crippen LogP contribution in [0.3, 0.4) is 0 Å². The van der Waals surface area contributed by atoms with Crippen LogP contribution in [0.5, 0.6) is 0 Å². The van der Waals surface area contributed by atoms with Gasteiger partial charge in [0, 0.05) is 12.8 Å². The molecule has 0 radical (unpaired) electrons. The molecule has 11 atom stereocenters. The van der Waals surface area contributed by atoms with E-state index in [1.165, 1.54) is 109 Å². The highest BCUT2D eigenvalue weighted by Gasteiger charge is 2.47. The van der Waals surface area contributed by atoms with Crippen molar-refractivity contribution in [1.82, 2.24) is 0 Å². The van der Waals surface area contributed by atoms with Gasteiger partial charge in [0.2, 0.25) is 0 Å². The molecule has 4 unspecified atom stereocenters. The Kier molecular flexibility index (Phi) is 34.5. The van der Waals surface area contributed by atoms with Crippen LogP contribution in [0.4, 0.5) is 0 Å². The van der Waals surface area contributed by atoms with Crippen LogP contribution in [0, 0.1) is 0 Å². The van der Waals surface area contributed by atoms with Gasteiger partial charge in [0.05, 0.1) is 19.8 Å². The van der Waals surface area contributed by atoms with Crippen LogP contribution in [0.1, 0.15) is 187 Å². The van der Waals surface area contributed by atoms with Gasteiger partial charge in [0.15, 0.2) is 18.7 Å². The molecule has 7 N–H and O–H groups in total. The second-order valence-electron chi connectivity index (χ2n) is 18.0. The SMILES string of the molecule is CCCCCCCCCCC/C=C/C/C=C/CCCC(=O)O[C@H](COC(=O)CCCCCCCCCCCCCC)CO[C@H]1O[C@@H](CO[C@H]2O[C@@H](CO)[C@@H](O)C(O)C2O)[C@@H](O)C(O)C1O. The minimum Gasteiger partial charge on any atom is -0.462 e. The number of hydrogen-bond acceptors (Lipinski definition) is 15. The molecule has 0 aromatic rings. The van der Waals surface area contributed by atoms with Crippen molar-refractivity contribution >= 4 is 11.9 Å². The number of unbranched alkanes of at least 4 members (excludes halogenated alkanes) is 21. The Labute approximate surface area is 390 Å². The van der Waals surface area contributed by atoms with Crippen molar-refractivity contribution in [2.45, 2.75) is 255 Å². The Morgan fingerprint density at radius 1 is 0.492 bits per heavy atom. The third-order valence-corrected chi connectivity index (χ3v) is 12.2. The fraction of sp³-hybridized carbons (Fsp3) is 0.880. The lowest BCUT2D eigenvalue weighted by atomic mass is 9.98. The zero-order chi connectivity index (χ0) is 47.5. The summed E-state index contributed by atoms with van der Waals surface area (Å²) in [7, 11) is 0. The minimum atomic E-state index is -1.77. The van der Waals surface area contributed by atoms with Crippen molar-refractivity contribution in [3.63, 3.8) is 0 Å². The molecule has 2 saturated heterocycles. The number of ether oxygens (including phenoxy) is 6. The molecule has 0 aliphatic carbocycles. The van der Waals surface area contributed by atoms with Crippen LogP contribution in [-0.4, -0.2) is 142 Å². The summed E-state index contributed by atoms with van der Waals surface area (Å²) in [5.41, 5.74) is 0. The average molecular weight is 931 g/mol. The van der Waals surface area contributed by atoms with Gasteiger partial charge in [-0.1, -0.05) is 160 Å². The number of carbonyl (C=O) groups excluding carboxylic acids is 2. The van der Waals surface area contributed by atoms with E-state index in [1.807, 2.05) is 6.08 Å². The second-order valence-corrected chi connectivity index (χ2v) is 18.0. The highest BCUT2D eigenvalue weighted by Crippen LogP contribution is 2.26.